The topological polar surface area (TPSA) is 99.5 Å². The third-order valence-corrected chi connectivity index (χ3v) is 5.61. The molecule has 114 valence electrons. The first-order chi connectivity index (χ1) is 9.10. The fraction of sp³-hybridized carbons (Fsp3) is 0.615. The van der Waals surface area contributed by atoms with Crippen LogP contribution in [0, 0.1) is 6.92 Å². The third kappa shape index (κ3) is 3.68. The number of rotatable bonds is 6. The molecule has 20 heavy (non-hydrogen) atoms. The number of sulfone groups is 1. The van der Waals surface area contributed by atoms with Crippen LogP contribution in [0.15, 0.2) is 6.20 Å². The monoisotopic (exact) mass is 302 g/mol. The lowest BCUT2D eigenvalue weighted by Crippen LogP contribution is -2.41. The van der Waals surface area contributed by atoms with Crippen molar-refractivity contribution in [2.75, 3.05) is 12.8 Å². The van der Waals surface area contributed by atoms with Crippen LogP contribution in [0.25, 0.3) is 0 Å². The normalized spacial score (nSPS) is 12.7. The van der Waals surface area contributed by atoms with Gasteiger partial charge in [-0.15, -0.1) is 0 Å². The Kier molecular flexibility index (Phi) is 5.12. The van der Waals surface area contributed by atoms with Crippen molar-refractivity contribution in [1.29, 1.82) is 0 Å². The van der Waals surface area contributed by atoms with Gasteiger partial charge in [0.2, 0.25) is 0 Å². The summed E-state index contributed by atoms with van der Waals surface area (Å²) in [5.74, 6) is 0.0289. The molecule has 0 unspecified atom stereocenters. The molecule has 0 atom stereocenters. The molecule has 0 fully saturated rings. The van der Waals surface area contributed by atoms with E-state index in [1.165, 1.54) is 12.5 Å². The lowest BCUT2D eigenvalue weighted by atomic mass is 10.1. The fourth-order valence-electron chi connectivity index (χ4n) is 1.64. The number of nitrogens with one attached hydrogen (secondary N) is 1. The Balaban J connectivity index is 2.84. The zero-order valence-electron chi connectivity index (χ0n) is 12.3. The summed E-state index contributed by atoms with van der Waals surface area (Å²) >= 11 is 0. The van der Waals surface area contributed by atoms with E-state index in [2.05, 4.69) is 10.3 Å². The Labute approximate surface area is 119 Å². The number of hydrogen-bond donors (Lipinski definition) is 3. The Bertz CT molecular complexity index is 582. The molecule has 1 rings (SSSR count). The molecule has 0 amide bonds. The van der Waals surface area contributed by atoms with Gasteiger partial charge < -0.3 is 15.5 Å². The van der Waals surface area contributed by atoms with Crippen molar-refractivity contribution in [3.8, 4) is 5.75 Å². The molecule has 0 radical (unpaired) electrons. The largest absolute Gasteiger partial charge is 0.506 e. The number of pyridine rings is 1. The fourth-order valence-corrected chi connectivity index (χ4v) is 2.00. The zero-order valence-corrected chi connectivity index (χ0v) is 13.1. The predicted molar refractivity (Wildman–Crippen MR) is 77.2 cm³/mol. The van der Waals surface area contributed by atoms with Crippen molar-refractivity contribution in [2.45, 2.75) is 38.7 Å². The van der Waals surface area contributed by atoms with Gasteiger partial charge in [0.05, 0.1) is 17.0 Å². The quantitative estimate of drug-likeness (QED) is 0.707. The summed E-state index contributed by atoms with van der Waals surface area (Å²) in [5, 5.41) is 22.2. The van der Waals surface area contributed by atoms with E-state index < -0.39 is 14.6 Å². The zero-order chi connectivity index (χ0) is 15.6. The minimum Gasteiger partial charge on any atom is -0.506 e. The summed E-state index contributed by atoms with van der Waals surface area (Å²) < 4.78 is 22.3. The lowest BCUT2D eigenvalue weighted by Gasteiger charge is -2.23. The Morgan fingerprint density at radius 2 is 2.00 bits per heavy atom. The molecule has 6 nitrogen and oxygen atoms in total. The van der Waals surface area contributed by atoms with Crippen molar-refractivity contribution in [3.63, 3.8) is 0 Å². The average molecular weight is 302 g/mol. The highest BCUT2D eigenvalue weighted by Gasteiger charge is 2.29. The van der Waals surface area contributed by atoms with Crippen molar-refractivity contribution in [3.05, 3.63) is 23.0 Å². The SMILES string of the molecule is Cc1ncc(CO)c(CNCC(C)(C)S(C)(=O)=O)c1O. The summed E-state index contributed by atoms with van der Waals surface area (Å²) in [6, 6.07) is 0. The minimum absolute atomic E-state index is 0.0289. The van der Waals surface area contributed by atoms with Gasteiger partial charge in [-0.25, -0.2) is 8.42 Å². The van der Waals surface area contributed by atoms with Gasteiger partial charge in [-0.3, -0.25) is 4.98 Å². The second-order valence-corrected chi connectivity index (χ2v) is 8.14. The third-order valence-electron chi connectivity index (χ3n) is 3.46. The maximum Gasteiger partial charge on any atom is 0.153 e. The minimum atomic E-state index is -3.18. The standard InChI is InChI=1S/C13H22N2O4S/c1-9-12(17)11(10(7-16)5-15-9)6-14-8-13(2,3)20(4,18)19/h5,14,16-17H,6-8H2,1-4H3. The van der Waals surface area contributed by atoms with Gasteiger partial charge in [0.1, 0.15) is 5.75 Å². The highest BCUT2D eigenvalue weighted by Crippen LogP contribution is 2.24. The molecule has 1 heterocycles. The predicted octanol–water partition coefficient (Wildman–Crippen LogP) is 0.501. The smallest absolute Gasteiger partial charge is 0.153 e. The summed E-state index contributed by atoms with van der Waals surface area (Å²) in [7, 11) is -3.18. The second kappa shape index (κ2) is 6.07. The lowest BCUT2D eigenvalue weighted by molar-refractivity contribution is 0.278. The number of nitrogens with zero attached hydrogens (tertiary/aromatic N) is 1. The maximum atomic E-state index is 11.6. The average Bonchev–Trinajstić information content (AvgIpc) is 2.33. The molecule has 1 aromatic heterocycles. The van der Waals surface area contributed by atoms with Gasteiger partial charge in [-0.2, -0.15) is 0 Å². The molecule has 7 heteroatoms. The van der Waals surface area contributed by atoms with Crippen LogP contribution in [0.2, 0.25) is 0 Å². The van der Waals surface area contributed by atoms with E-state index in [0.717, 1.165) is 0 Å². The van der Waals surface area contributed by atoms with Crippen LogP contribution in [0.5, 0.6) is 5.75 Å². The molecular weight excluding hydrogens is 280 g/mol. The molecule has 0 bridgehead atoms. The molecule has 0 aliphatic heterocycles. The first-order valence-corrected chi connectivity index (χ1v) is 8.17. The molecule has 0 aliphatic carbocycles. The van der Waals surface area contributed by atoms with Crippen LogP contribution in [0.1, 0.15) is 30.7 Å². The Hall–Kier alpha value is -1.18. The molecule has 0 spiro atoms. The molecule has 1 aromatic rings. The van der Waals surface area contributed by atoms with Gasteiger partial charge in [0.15, 0.2) is 9.84 Å². The van der Waals surface area contributed by atoms with Crippen LogP contribution in [0.4, 0.5) is 0 Å². The van der Waals surface area contributed by atoms with E-state index in [9.17, 15) is 18.6 Å². The van der Waals surface area contributed by atoms with E-state index in [-0.39, 0.29) is 25.4 Å². The van der Waals surface area contributed by atoms with Crippen molar-refractivity contribution in [1.82, 2.24) is 10.3 Å². The van der Waals surface area contributed by atoms with Crippen molar-refractivity contribution >= 4 is 9.84 Å². The number of hydrogen-bond acceptors (Lipinski definition) is 6. The van der Waals surface area contributed by atoms with E-state index in [4.69, 9.17) is 0 Å². The van der Waals surface area contributed by atoms with Crippen LogP contribution < -0.4 is 5.32 Å². The number of aliphatic hydroxyl groups is 1. The van der Waals surface area contributed by atoms with Gasteiger partial charge in [0.25, 0.3) is 0 Å². The second-order valence-electron chi connectivity index (χ2n) is 5.49. The van der Waals surface area contributed by atoms with Gasteiger partial charge >= 0.3 is 0 Å². The number of aryl methyl sites for hydroxylation is 1. The van der Waals surface area contributed by atoms with Crippen LogP contribution in [-0.4, -0.2) is 41.2 Å². The summed E-state index contributed by atoms with van der Waals surface area (Å²) in [5.41, 5.74) is 1.54. The highest BCUT2D eigenvalue weighted by atomic mass is 32.2. The molecule has 0 aromatic carbocycles. The van der Waals surface area contributed by atoms with E-state index in [1.54, 1.807) is 20.8 Å². The molecule has 0 aliphatic rings. The van der Waals surface area contributed by atoms with Crippen LogP contribution >= 0.6 is 0 Å². The highest BCUT2D eigenvalue weighted by molar-refractivity contribution is 7.92. The number of aromatic hydroxyl groups is 1. The number of aromatic nitrogens is 1. The van der Waals surface area contributed by atoms with Gasteiger partial charge in [-0.1, -0.05) is 0 Å². The van der Waals surface area contributed by atoms with E-state index in [0.29, 0.717) is 16.8 Å². The summed E-state index contributed by atoms with van der Waals surface area (Å²) in [4.78, 5) is 3.97. The number of aliphatic hydroxyl groups excluding tert-OH is 1. The van der Waals surface area contributed by atoms with Crippen LogP contribution in [0.3, 0.4) is 0 Å². The molecule has 0 saturated carbocycles. The van der Waals surface area contributed by atoms with Crippen molar-refractivity contribution < 1.29 is 18.6 Å². The Morgan fingerprint density at radius 1 is 1.40 bits per heavy atom. The van der Waals surface area contributed by atoms with E-state index >= 15 is 0 Å². The van der Waals surface area contributed by atoms with Gasteiger partial charge in [-0.05, 0) is 20.8 Å². The molecule has 0 saturated heterocycles. The first kappa shape index (κ1) is 16.9. The maximum absolute atomic E-state index is 11.6. The summed E-state index contributed by atoms with van der Waals surface area (Å²) in [6.45, 7) is 5.23. The first-order valence-electron chi connectivity index (χ1n) is 6.27. The van der Waals surface area contributed by atoms with Gasteiger partial charge in [0, 0.05) is 36.7 Å². The van der Waals surface area contributed by atoms with Crippen molar-refractivity contribution in [2.24, 2.45) is 0 Å². The molecular formula is C13H22N2O4S. The van der Waals surface area contributed by atoms with Crippen LogP contribution in [-0.2, 0) is 23.0 Å². The van der Waals surface area contributed by atoms with E-state index in [1.807, 2.05) is 0 Å². The Morgan fingerprint density at radius 3 is 2.50 bits per heavy atom. The molecule has 3 N–H and O–H groups in total. The summed E-state index contributed by atoms with van der Waals surface area (Å²) in [6.07, 6.45) is 2.70.